The lowest BCUT2D eigenvalue weighted by Crippen LogP contribution is -2.22. The van der Waals surface area contributed by atoms with Gasteiger partial charge in [-0.25, -0.2) is 13.6 Å². The molecule has 22 heavy (non-hydrogen) atoms. The average molecular weight is 384 g/mol. The number of amides is 1. The molecule has 0 aliphatic heterocycles. The third-order valence-corrected chi connectivity index (χ3v) is 4.34. The fourth-order valence-electron chi connectivity index (χ4n) is 1.71. The molecule has 1 amide bonds. The molecule has 0 fully saturated rings. The van der Waals surface area contributed by atoms with Crippen molar-refractivity contribution in [2.75, 3.05) is 17.2 Å². The number of para-hydroxylation sites is 1. The van der Waals surface area contributed by atoms with Crippen LogP contribution in [0.3, 0.4) is 0 Å². The summed E-state index contributed by atoms with van der Waals surface area (Å²) in [7, 11) is -3.77. The largest absolute Gasteiger partial charge is 0.376 e. The van der Waals surface area contributed by atoms with E-state index >= 15 is 0 Å². The molecule has 0 aliphatic carbocycles. The second-order valence-corrected chi connectivity index (χ2v) is 6.87. The number of sulfonamides is 1. The summed E-state index contributed by atoms with van der Waals surface area (Å²) >= 11 is 3.21. The Morgan fingerprint density at radius 3 is 2.41 bits per heavy atom. The van der Waals surface area contributed by atoms with E-state index in [1.54, 1.807) is 0 Å². The maximum Gasteiger partial charge on any atom is 0.243 e. The highest BCUT2D eigenvalue weighted by Gasteiger charge is 2.11. The van der Waals surface area contributed by atoms with Gasteiger partial charge in [-0.05, 0) is 46.3 Å². The van der Waals surface area contributed by atoms with Gasteiger partial charge in [-0.15, -0.1) is 0 Å². The monoisotopic (exact) mass is 383 g/mol. The molecule has 2 aromatic rings. The Labute approximate surface area is 136 Å². The van der Waals surface area contributed by atoms with E-state index < -0.39 is 10.0 Å². The standard InChI is InChI=1S/C14H14BrN3O3S/c15-12-8-11(22(16,20)21)6-7-13(12)18-14(19)9-17-10-4-2-1-3-5-10/h1-8,17H,9H2,(H,18,19)(H2,16,20,21). The Hall–Kier alpha value is -1.90. The van der Waals surface area contributed by atoms with Crippen LogP contribution in [0.5, 0.6) is 0 Å². The summed E-state index contributed by atoms with van der Waals surface area (Å²) < 4.78 is 22.9. The Bertz CT molecular complexity index is 779. The summed E-state index contributed by atoms with van der Waals surface area (Å²) in [5, 5.41) is 10.7. The Morgan fingerprint density at radius 2 is 1.82 bits per heavy atom. The first-order valence-corrected chi connectivity index (χ1v) is 8.61. The first-order chi connectivity index (χ1) is 10.4. The minimum absolute atomic E-state index is 0.0280. The van der Waals surface area contributed by atoms with Gasteiger partial charge < -0.3 is 10.6 Å². The number of rotatable bonds is 5. The molecular weight excluding hydrogens is 370 g/mol. The third kappa shape index (κ3) is 4.55. The van der Waals surface area contributed by atoms with Gasteiger partial charge >= 0.3 is 0 Å². The third-order valence-electron chi connectivity index (χ3n) is 2.77. The molecule has 0 aromatic heterocycles. The molecule has 0 radical (unpaired) electrons. The van der Waals surface area contributed by atoms with E-state index in [0.29, 0.717) is 10.2 Å². The number of hydrogen-bond donors (Lipinski definition) is 3. The molecule has 0 spiro atoms. The number of halogens is 1. The first kappa shape index (κ1) is 16.5. The SMILES string of the molecule is NS(=O)(=O)c1ccc(NC(=O)CNc2ccccc2)c(Br)c1. The fourth-order valence-corrected chi connectivity index (χ4v) is 2.88. The van der Waals surface area contributed by atoms with Gasteiger partial charge in [0.1, 0.15) is 0 Å². The number of primary sulfonamides is 1. The highest BCUT2D eigenvalue weighted by molar-refractivity contribution is 9.10. The van der Waals surface area contributed by atoms with Crippen LogP contribution in [-0.4, -0.2) is 20.9 Å². The summed E-state index contributed by atoms with van der Waals surface area (Å²) in [5.74, 6) is -0.257. The van der Waals surface area contributed by atoms with Crippen molar-refractivity contribution in [2.45, 2.75) is 4.90 Å². The Balaban J connectivity index is 2.00. The Kier molecular flexibility index (Phi) is 5.17. The van der Waals surface area contributed by atoms with Crippen molar-refractivity contribution in [3.05, 3.63) is 53.0 Å². The normalized spacial score (nSPS) is 11.0. The van der Waals surface area contributed by atoms with Crippen LogP contribution in [0.2, 0.25) is 0 Å². The van der Waals surface area contributed by atoms with Gasteiger partial charge in [-0.3, -0.25) is 4.79 Å². The maximum absolute atomic E-state index is 11.9. The van der Waals surface area contributed by atoms with Crippen molar-refractivity contribution < 1.29 is 13.2 Å². The smallest absolute Gasteiger partial charge is 0.243 e. The summed E-state index contributed by atoms with van der Waals surface area (Å²) in [4.78, 5) is 11.9. The van der Waals surface area contributed by atoms with E-state index in [2.05, 4.69) is 26.6 Å². The second-order valence-electron chi connectivity index (χ2n) is 4.45. The van der Waals surface area contributed by atoms with E-state index in [9.17, 15) is 13.2 Å². The van der Waals surface area contributed by atoms with E-state index in [4.69, 9.17) is 5.14 Å². The fraction of sp³-hybridized carbons (Fsp3) is 0.0714. The number of hydrogen-bond acceptors (Lipinski definition) is 4. The molecule has 2 aromatic carbocycles. The lowest BCUT2D eigenvalue weighted by Gasteiger charge is -2.10. The highest BCUT2D eigenvalue weighted by atomic mass is 79.9. The molecule has 116 valence electrons. The molecule has 0 atom stereocenters. The summed E-state index contributed by atoms with van der Waals surface area (Å²) in [6.45, 7) is 0.0907. The maximum atomic E-state index is 11.9. The predicted molar refractivity (Wildman–Crippen MR) is 89.1 cm³/mol. The van der Waals surface area contributed by atoms with Crippen molar-refractivity contribution in [3.63, 3.8) is 0 Å². The number of anilines is 2. The molecule has 0 unspecified atom stereocenters. The average Bonchev–Trinajstić information content (AvgIpc) is 2.47. The van der Waals surface area contributed by atoms with E-state index in [0.717, 1.165) is 5.69 Å². The lowest BCUT2D eigenvalue weighted by molar-refractivity contribution is -0.114. The first-order valence-electron chi connectivity index (χ1n) is 6.27. The van der Waals surface area contributed by atoms with Crippen LogP contribution < -0.4 is 15.8 Å². The molecule has 6 nitrogen and oxygen atoms in total. The van der Waals surface area contributed by atoms with Gasteiger partial charge in [0.05, 0.1) is 17.1 Å². The predicted octanol–water partition coefficient (Wildman–Crippen LogP) is 2.15. The topological polar surface area (TPSA) is 101 Å². The van der Waals surface area contributed by atoms with Crippen LogP contribution in [0.1, 0.15) is 0 Å². The summed E-state index contributed by atoms with van der Waals surface area (Å²) in [6, 6.07) is 13.5. The van der Waals surface area contributed by atoms with Crippen LogP contribution in [0.4, 0.5) is 11.4 Å². The van der Waals surface area contributed by atoms with Gasteiger partial charge in [0, 0.05) is 10.2 Å². The lowest BCUT2D eigenvalue weighted by atomic mass is 10.3. The van der Waals surface area contributed by atoms with E-state index in [-0.39, 0.29) is 17.3 Å². The van der Waals surface area contributed by atoms with Crippen LogP contribution in [0, 0.1) is 0 Å². The zero-order chi connectivity index (χ0) is 16.2. The molecular formula is C14H14BrN3O3S. The zero-order valence-electron chi connectivity index (χ0n) is 11.4. The molecule has 0 aliphatic rings. The molecule has 0 bridgehead atoms. The summed E-state index contributed by atoms with van der Waals surface area (Å²) in [6.07, 6.45) is 0. The van der Waals surface area contributed by atoms with Crippen molar-refractivity contribution in [1.82, 2.24) is 0 Å². The molecule has 2 rings (SSSR count). The minimum Gasteiger partial charge on any atom is -0.376 e. The minimum atomic E-state index is -3.77. The van der Waals surface area contributed by atoms with Crippen molar-refractivity contribution in [1.29, 1.82) is 0 Å². The molecule has 0 saturated carbocycles. The second kappa shape index (κ2) is 6.91. The van der Waals surface area contributed by atoms with Gasteiger partial charge in [-0.2, -0.15) is 0 Å². The van der Waals surface area contributed by atoms with Crippen LogP contribution >= 0.6 is 15.9 Å². The number of benzene rings is 2. The quantitative estimate of drug-likeness (QED) is 0.735. The van der Waals surface area contributed by atoms with Crippen LogP contribution in [-0.2, 0) is 14.8 Å². The Morgan fingerprint density at radius 1 is 1.14 bits per heavy atom. The number of nitrogens with one attached hydrogen (secondary N) is 2. The van der Waals surface area contributed by atoms with Crippen molar-refractivity contribution >= 4 is 43.2 Å². The van der Waals surface area contributed by atoms with Crippen molar-refractivity contribution in [3.8, 4) is 0 Å². The molecule has 0 saturated heterocycles. The number of carbonyl (C=O) groups is 1. The number of carbonyl (C=O) groups excluding carboxylic acids is 1. The molecule has 0 heterocycles. The molecule has 8 heteroatoms. The van der Waals surface area contributed by atoms with Crippen LogP contribution in [0.15, 0.2) is 57.9 Å². The van der Waals surface area contributed by atoms with E-state index in [1.165, 1.54) is 18.2 Å². The van der Waals surface area contributed by atoms with Gasteiger partial charge in [0.15, 0.2) is 0 Å². The van der Waals surface area contributed by atoms with Gasteiger partial charge in [-0.1, -0.05) is 18.2 Å². The summed E-state index contributed by atoms with van der Waals surface area (Å²) in [5.41, 5.74) is 1.30. The highest BCUT2D eigenvalue weighted by Crippen LogP contribution is 2.25. The molecule has 4 N–H and O–H groups in total. The zero-order valence-corrected chi connectivity index (χ0v) is 13.8. The van der Waals surface area contributed by atoms with Crippen molar-refractivity contribution in [2.24, 2.45) is 5.14 Å². The number of nitrogens with two attached hydrogens (primary N) is 1. The van der Waals surface area contributed by atoms with Crippen LogP contribution in [0.25, 0.3) is 0 Å². The van der Waals surface area contributed by atoms with Gasteiger partial charge in [0.25, 0.3) is 0 Å². The van der Waals surface area contributed by atoms with Gasteiger partial charge in [0.2, 0.25) is 15.9 Å². The van der Waals surface area contributed by atoms with E-state index in [1.807, 2.05) is 30.3 Å².